The monoisotopic (exact) mass is 264 g/mol. The molecule has 1 aromatic carbocycles. The van der Waals surface area contributed by atoms with Crippen LogP contribution < -0.4 is 5.73 Å². The number of rotatable bonds is 8. The second kappa shape index (κ2) is 7.63. The lowest BCUT2D eigenvalue weighted by molar-refractivity contribution is 0.0352. The highest BCUT2D eigenvalue weighted by molar-refractivity contribution is 5.18. The van der Waals surface area contributed by atoms with E-state index in [1.807, 2.05) is 0 Å². The lowest BCUT2D eigenvalue weighted by atomic mass is 9.85. The molecule has 1 aromatic rings. The van der Waals surface area contributed by atoms with Gasteiger partial charge >= 0.3 is 0 Å². The molecule has 0 aliphatic carbocycles. The molecule has 108 valence electrons. The second-order valence-electron chi connectivity index (χ2n) is 5.36. The van der Waals surface area contributed by atoms with Gasteiger partial charge in [-0.3, -0.25) is 4.90 Å². The minimum atomic E-state index is -0.000694. The van der Waals surface area contributed by atoms with Crippen molar-refractivity contribution in [3.63, 3.8) is 0 Å². The van der Waals surface area contributed by atoms with E-state index in [0.29, 0.717) is 12.6 Å². The van der Waals surface area contributed by atoms with Gasteiger partial charge in [-0.15, -0.1) is 0 Å². The van der Waals surface area contributed by atoms with E-state index < -0.39 is 0 Å². The molecule has 3 heteroatoms. The summed E-state index contributed by atoms with van der Waals surface area (Å²) in [6.45, 7) is 5.79. The van der Waals surface area contributed by atoms with Gasteiger partial charge in [-0.05, 0) is 32.4 Å². The fourth-order valence-corrected chi connectivity index (χ4v) is 2.66. The summed E-state index contributed by atoms with van der Waals surface area (Å²) < 4.78 is 5.28. The third-order valence-electron chi connectivity index (χ3n) is 4.23. The van der Waals surface area contributed by atoms with Crippen molar-refractivity contribution in [2.75, 3.05) is 27.3 Å². The summed E-state index contributed by atoms with van der Waals surface area (Å²) in [7, 11) is 3.90. The van der Waals surface area contributed by atoms with Crippen LogP contribution >= 0.6 is 0 Å². The molecule has 0 bridgehead atoms. The van der Waals surface area contributed by atoms with Crippen LogP contribution in [0.3, 0.4) is 0 Å². The number of benzene rings is 1. The minimum Gasteiger partial charge on any atom is -0.383 e. The van der Waals surface area contributed by atoms with Crippen LogP contribution in [0.15, 0.2) is 30.3 Å². The molecule has 0 saturated heterocycles. The highest BCUT2D eigenvalue weighted by Gasteiger charge is 2.34. The Bertz CT molecular complexity index is 349. The first kappa shape index (κ1) is 16.2. The van der Waals surface area contributed by atoms with Crippen molar-refractivity contribution in [3.05, 3.63) is 35.9 Å². The number of hydrogen-bond acceptors (Lipinski definition) is 3. The van der Waals surface area contributed by atoms with Crippen LogP contribution in [-0.2, 0) is 11.2 Å². The Hall–Kier alpha value is -0.900. The van der Waals surface area contributed by atoms with Crippen LogP contribution in [0.4, 0.5) is 0 Å². The van der Waals surface area contributed by atoms with Crippen molar-refractivity contribution in [2.24, 2.45) is 5.73 Å². The molecule has 0 spiro atoms. The zero-order chi connectivity index (χ0) is 14.3. The predicted molar refractivity (Wildman–Crippen MR) is 81.3 cm³/mol. The van der Waals surface area contributed by atoms with E-state index in [1.165, 1.54) is 5.56 Å². The van der Waals surface area contributed by atoms with Crippen LogP contribution in [0.5, 0.6) is 0 Å². The molecule has 0 aliphatic rings. The van der Waals surface area contributed by atoms with Crippen LogP contribution in [-0.4, -0.2) is 43.8 Å². The summed E-state index contributed by atoms with van der Waals surface area (Å²) in [5.41, 5.74) is 7.46. The molecule has 0 aliphatic heterocycles. The summed E-state index contributed by atoms with van der Waals surface area (Å²) in [6, 6.07) is 10.9. The zero-order valence-corrected chi connectivity index (χ0v) is 12.7. The van der Waals surface area contributed by atoms with E-state index in [1.54, 1.807) is 7.11 Å². The van der Waals surface area contributed by atoms with Crippen LogP contribution in [0.2, 0.25) is 0 Å². The van der Waals surface area contributed by atoms with Gasteiger partial charge in [0.2, 0.25) is 0 Å². The summed E-state index contributed by atoms with van der Waals surface area (Å²) in [6.07, 6.45) is 2.01. The normalized spacial score (nSPS) is 16.3. The summed E-state index contributed by atoms with van der Waals surface area (Å²) in [4.78, 5) is 2.38. The van der Waals surface area contributed by atoms with Gasteiger partial charge in [0, 0.05) is 25.2 Å². The molecule has 2 atom stereocenters. The zero-order valence-electron chi connectivity index (χ0n) is 12.7. The van der Waals surface area contributed by atoms with Crippen LogP contribution in [0.25, 0.3) is 0 Å². The van der Waals surface area contributed by atoms with E-state index >= 15 is 0 Å². The Morgan fingerprint density at radius 1 is 1.32 bits per heavy atom. The molecular formula is C16H28N2O. The molecule has 0 fully saturated rings. The molecule has 3 nitrogen and oxygen atoms in total. The van der Waals surface area contributed by atoms with E-state index in [9.17, 15) is 0 Å². The van der Waals surface area contributed by atoms with Gasteiger partial charge in [0.25, 0.3) is 0 Å². The summed E-state index contributed by atoms with van der Waals surface area (Å²) in [5.74, 6) is 0. The molecule has 0 radical (unpaired) electrons. The van der Waals surface area contributed by atoms with Crippen molar-refractivity contribution >= 4 is 0 Å². The fraction of sp³-hybridized carbons (Fsp3) is 0.625. The average Bonchev–Trinajstić information content (AvgIpc) is 2.45. The average molecular weight is 264 g/mol. The van der Waals surface area contributed by atoms with Crippen molar-refractivity contribution < 1.29 is 4.74 Å². The number of nitrogens with two attached hydrogens (primary N) is 1. The maximum Gasteiger partial charge on any atom is 0.0615 e. The standard InChI is InChI=1S/C16H28N2O/c1-5-16(13-17,18(3)14(2)12-19-4)11-15-9-7-6-8-10-15/h6-10,14H,5,11-13,17H2,1-4H3. The van der Waals surface area contributed by atoms with Crippen molar-refractivity contribution in [3.8, 4) is 0 Å². The molecule has 2 N–H and O–H groups in total. The van der Waals surface area contributed by atoms with Crippen molar-refractivity contribution in [1.82, 2.24) is 4.90 Å². The van der Waals surface area contributed by atoms with E-state index in [-0.39, 0.29) is 5.54 Å². The molecule has 0 saturated carbocycles. The van der Waals surface area contributed by atoms with Gasteiger partial charge < -0.3 is 10.5 Å². The van der Waals surface area contributed by atoms with Gasteiger partial charge in [0.1, 0.15) is 0 Å². The SMILES string of the molecule is CCC(CN)(Cc1ccccc1)N(C)C(C)COC. The lowest BCUT2D eigenvalue weighted by Crippen LogP contribution is -2.57. The van der Waals surface area contributed by atoms with E-state index in [4.69, 9.17) is 10.5 Å². The van der Waals surface area contributed by atoms with E-state index in [2.05, 4.69) is 56.1 Å². The number of methoxy groups -OCH3 is 1. The topological polar surface area (TPSA) is 38.5 Å². The number of ether oxygens (including phenoxy) is 1. The highest BCUT2D eigenvalue weighted by Crippen LogP contribution is 2.25. The number of likely N-dealkylation sites (N-methyl/N-ethyl adjacent to an activating group) is 1. The fourth-order valence-electron chi connectivity index (χ4n) is 2.66. The third-order valence-corrected chi connectivity index (χ3v) is 4.23. The molecule has 0 aromatic heterocycles. The predicted octanol–water partition coefficient (Wildman–Crippen LogP) is 2.30. The molecule has 1 rings (SSSR count). The molecule has 0 amide bonds. The van der Waals surface area contributed by atoms with Gasteiger partial charge in [0.15, 0.2) is 0 Å². The van der Waals surface area contributed by atoms with Gasteiger partial charge in [0.05, 0.1) is 6.61 Å². The van der Waals surface area contributed by atoms with E-state index in [0.717, 1.165) is 19.4 Å². The van der Waals surface area contributed by atoms with Crippen molar-refractivity contribution in [1.29, 1.82) is 0 Å². The second-order valence-corrected chi connectivity index (χ2v) is 5.36. The number of nitrogens with zero attached hydrogens (tertiary/aromatic N) is 1. The largest absolute Gasteiger partial charge is 0.383 e. The lowest BCUT2D eigenvalue weighted by Gasteiger charge is -2.44. The molecule has 2 unspecified atom stereocenters. The maximum atomic E-state index is 6.12. The van der Waals surface area contributed by atoms with Crippen molar-refractivity contribution in [2.45, 2.75) is 38.3 Å². The smallest absolute Gasteiger partial charge is 0.0615 e. The molecular weight excluding hydrogens is 236 g/mol. The third kappa shape index (κ3) is 4.03. The first-order chi connectivity index (χ1) is 9.09. The van der Waals surface area contributed by atoms with Crippen LogP contribution in [0, 0.1) is 0 Å². The van der Waals surface area contributed by atoms with Gasteiger partial charge in [-0.2, -0.15) is 0 Å². The Kier molecular flexibility index (Phi) is 6.49. The Morgan fingerprint density at radius 3 is 2.42 bits per heavy atom. The molecule has 19 heavy (non-hydrogen) atoms. The minimum absolute atomic E-state index is 0.000694. The number of hydrogen-bond donors (Lipinski definition) is 1. The first-order valence-corrected chi connectivity index (χ1v) is 7.05. The molecule has 0 heterocycles. The Balaban J connectivity index is 2.89. The summed E-state index contributed by atoms with van der Waals surface area (Å²) >= 11 is 0. The summed E-state index contributed by atoms with van der Waals surface area (Å²) in [5, 5.41) is 0. The van der Waals surface area contributed by atoms with Gasteiger partial charge in [-0.25, -0.2) is 0 Å². The Labute approximate surface area is 117 Å². The first-order valence-electron chi connectivity index (χ1n) is 7.05. The quantitative estimate of drug-likeness (QED) is 0.783. The Morgan fingerprint density at radius 2 is 1.95 bits per heavy atom. The van der Waals surface area contributed by atoms with Gasteiger partial charge in [-0.1, -0.05) is 37.3 Å². The highest BCUT2D eigenvalue weighted by atomic mass is 16.5. The maximum absolute atomic E-state index is 6.12. The van der Waals surface area contributed by atoms with Crippen LogP contribution in [0.1, 0.15) is 25.8 Å².